The normalized spacial score (nSPS) is 10.9. The molecule has 41 heavy (non-hydrogen) atoms. The highest BCUT2D eigenvalue weighted by Gasteiger charge is 2.19. The molecule has 0 aliphatic rings. The summed E-state index contributed by atoms with van der Waals surface area (Å²) in [5.74, 6) is -1.66. The summed E-state index contributed by atoms with van der Waals surface area (Å²) < 4.78 is 31.6. The third kappa shape index (κ3) is 16.0. The molecule has 7 nitrogen and oxygen atoms in total. The van der Waals surface area contributed by atoms with Crippen molar-refractivity contribution in [2.45, 2.75) is 72.3 Å². The van der Waals surface area contributed by atoms with Crippen molar-refractivity contribution in [3.63, 3.8) is 0 Å². The summed E-state index contributed by atoms with van der Waals surface area (Å²) in [6.45, 7) is 9.83. The lowest BCUT2D eigenvalue weighted by Gasteiger charge is -2.22. The third-order valence-corrected chi connectivity index (χ3v) is 5.75. The van der Waals surface area contributed by atoms with Crippen LogP contribution in [0, 0.1) is 18.6 Å². The molecular formula is C32H49F2N3O4. The van der Waals surface area contributed by atoms with E-state index < -0.39 is 11.6 Å². The van der Waals surface area contributed by atoms with Gasteiger partial charge in [-0.2, -0.15) is 0 Å². The van der Waals surface area contributed by atoms with Crippen molar-refractivity contribution in [3.8, 4) is 0 Å². The van der Waals surface area contributed by atoms with Crippen molar-refractivity contribution in [3.05, 3.63) is 70.3 Å². The van der Waals surface area contributed by atoms with Crippen LogP contribution in [0.25, 0.3) is 0 Å². The van der Waals surface area contributed by atoms with E-state index in [0.717, 1.165) is 43.7 Å². The number of aryl methyl sites for hydroxylation is 1. The summed E-state index contributed by atoms with van der Waals surface area (Å²) >= 11 is 0. The maximum Gasteiger partial charge on any atom is 0.253 e. The van der Waals surface area contributed by atoms with Crippen LogP contribution < -0.4 is 10.6 Å². The van der Waals surface area contributed by atoms with Crippen LogP contribution >= 0.6 is 0 Å². The number of nitrogens with zero attached hydrogens (tertiary/aromatic N) is 1. The molecule has 2 aromatic rings. The largest absolute Gasteiger partial charge is 0.388 e. The highest BCUT2D eigenvalue weighted by Crippen LogP contribution is 2.16. The molecule has 9 heteroatoms. The Labute approximate surface area is 245 Å². The van der Waals surface area contributed by atoms with Gasteiger partial charge < -0.3 is 25.1 Å². The number of hydrogen-bond donors (Lipinski definition) is 2. The molecule has 2 rings (SSSR count). The first-order chi connectivity index (χ1) is 19.6. The van der Waals surface area contributed by atoms with Crippen LogP contribution in [0.15, 0.2) is 36.4 Å². The number of amides is 2. The lowest BCUT2D eigenvalue weighted by atomic mass is 10.00. The zero-order valence-corrected chi connectivity index (χ0v) is 25.8. The molecule has 1 atom stereocenters. The first-order valence-corrected chi connectivity index (χ1v) is 14.3. The van der Waals surface area contributed by atoms with Gasteiger partial charge in [0.05, 0.1) is 0 Å². The minimum absolute atomic E-state index is 0.0812. The maximum atomic E-state index is 13.7. The van der Waals surface area contributed by atoms with Crippen molar-refractivity contribution < 1.29 is 27.9 Å². The molecule has 0 aromatic heterocycles. The molecule has 2 amide bonds. The summed E-state index contributed by atoms with van der Waals surface area (Å²) in [4.78, 5) is 37.2. The minimum Gasteiger partial charge on any atom is -0.388 e. The topological polar surface area (TPSA) is 87.7 Å². The molecule has 0 bridgehead atoms. The molecule has 1 unspecified atom stereocenters. The Morgan fingerprint density at radius 2 is 1.49 bits per heavy atom. The second kappa shape index (κ2) is 22.5. The molecule has 0 fully saturated rings. The van der Waals surface area contributed by atoms with Gasteiger partial charge >= 0.3 is 0 Å². The summed E-state index contributed by atoms with van der Waals surface area (Å²) in [5.41, 5.74) is 2.20. The maximum absolute atomic E-state index is 13.7. The Bertz CT molecular complexity index is 1020. The molecular weight excluding hydrogens is 528 g/mol. The molecule has 0 radical (unpaired) electrons. The van der Waals surface area contributed by atoms with Gasteiger partial charge in [0.25, 0.3) is 11.8 Å². The van der Waals surface area contributed by atoms with Gasteiger partial charge in [-0.3, -0.25) is 9.59 Å². The SMILES string of the molecule is CCC=O.CCCN(CCC)C(=O)c1cc(C)cc(C(=O)NC(CCCNC)Cc2cc(F)cc(F)c2)c1.COC. The molecule has 0 saturated carbocycles. The van der Waals surface area contributed by atoms with E-state index in [4.69, 9.17) is 0 Å². The average Bonchev–Trinajstić information content (AvgIpc) is 2.92. The van der Waals surface area contributed by atoms with Crippen LogP contribution in [-0.2, 0) is 16.0 Å². The number of benzene rings is 2. The Hall–Kier alpha value is -3.17. The molecule has 0 aliphatic carbocycles. The van der Waals surface area contributed by atoms with Gasteiger partial charge in [-0.1, -0.05) is 20.8 Å². The fourth-order valence-corrected chi connectivity index (χ4v) is 4.11. The number of hydrogen-bond acceptors (Lipinski definition) is 5. The summed E-state index contributed by atoms with van der Waals surface area (Å²) in [7, 11) is 5.10. The predicted octanol–water partition coefficient (Wildman–Crippen LogP) is 5.73. The number of halogens is 2. The third-order valence-electron chi connectivity index (χ3n) is 5.75. The van der Waals surface area contributed by atoms with Gasteiger partial charge in [-0.25, -0.2) is 8.78 Å². The van der Waals surface area contributed by atoms with Crippen molar-refractivity contribution in [1.82, 2.24) is 15.5 Å². The van der Waals surface area contributed by atoms with Crippen LogP contribution in [-0.4, -0.2) is 69.9 Å². The minimum atomic E-state index is -0.638. The zero-order chi connectivity index (χ0) is 31.2. The Morgan fingerprint density at radius 3 is 1.98 bits per heavy atom. The van der Waals surface area contributed by atoms with Gasteiger partial charge in [0.2, 0.25) is 0 Å². The average molecular weight is 578 g/mol. The van der Waals surface area contributed by atoms with Gasteiger partial charge in [0, 0.05) is 57.0 Å². The number of carbonyl (C=O) groups excluding carboxylic acids is 3. The Morgan fingerprint density at radius 1 is 0.951 bits per heavy atom. The van der Waals surface area contributed by atoms with Crippen LogP contribution in [0.1, 0.15) is 84.7 Å². The summed E-state index contributed by atoms with van der Waals surface area (Å²) in [6.07, 6.45) is 4.98. The summed E-state index contributed by atoms with van der Waals surface area (Å²) in [5, 5.41) is 6.09. The zero-order valence-electron chi connectivity index (χ0n) is 25.8. The van der Waals surface area contributed by atoms with Crippen LogP contribution in [0.5, 0.6) is 0 Å². The number of aldehydes is 1. The number of rotatable bonds is 14. The molecule has 0 saturated heterocycles. The quantitative estimate of drug-likeness (QED) is 0.221. The monoisotopic (exact) mass is 577 g/mol. The van der Waals surface area contributed by atoms with Crippen molar-refractivity contribution in [1.29, 1.82) is 0 Å². The van der Waals surface area contributed by atoms with E-state index in [1.54, 1.807) is 32.4 Å². The van der Waals surface area contributed by atoms with Gasteiger partial charge in [-0.05, 0) is 94.1 Å². The van der Waals surface area contributed by atoms with E-state index in [2.05, 4.69) is 15.4 Å². The van der Waals surface area contributed by atoms with Crippen LogP contribution in [0.4, 0.5) is 8.78 Å². The number of nitrogens with one attached hydrogen (secondary N) is 2. The summed E-state index contributed by atoms with van der Waals surface area (Å²) in [6, 6.07) is 8.30. The van der Waals surface area contributed by atoms with E-state index in [-0.39, 0.29) is 17.9 Å². The van der Waals surface area contributed by atoms with Crippen molar-refractivity contribution in [2.75, 3.05) is 40.9 Å². The Kier molecular flexibility index (Phi) is 20.8. The van der Waals surface area contributed by atoms with E-state index in [1.165, 1.54) is 12.1 Å². The second-order valence-corrected chi connectivity index (χ2v) is 9.76. The van der Waals surface area contributed by atoms with E-state index in [1.807, 2.05) is 39.6 Å². The van der Waals surface area contributed by atoms with Gasteiger partial charge in [0.1, 0.15) is 17.9 Å². The van der Waals surface area contributed by atoms with E-state index in [0.29, 0.717) is 49.0 Å². The highest BCUT2D eigenvalue weighted by atomic mass is 19.1. The molecule has 230 valence electrons. The van der Waals surface area contributed by atoms with E-state index >= 15 is 0 Å². The molecule has 0 heterocycles. The van der Waals surface area contributed by atoms with Crippen molar-refractivity contribution >= 4 is 18.1 Å². The number of methoxy groups -OCH3 is 1. The lowest BCUT2D eigenvalue weighted by molar-refractivity contribution is -0.107. The number of carbonyl (C=O) groups is 3. The smallest absolute Gasteiger partial charge is 0.253 e. The fraction of sp³-hybridized carbons (Fsp3) is 0.531. The van der Waals surface area contributed by atoms with Gasteiger partial charge in [0.15, 0.2) is 0 Å². The first kappa shape index (κ1) is 37.8. The second-order valence-electron chi connectivity index (χ2n) is 9.76. The van der Waals surface area contributed by atoms with Crippen LogP contribution in [0.2, 0.25) is 0 Å². The highest BCUT2D eigenvalue weighted by molar-refractivity contribution is 6.00. The molecule has 2 aromatic carbocycles. The lowest BCUT2D eigenvalue weighted by Crippen LogP contribution is -2.37. The fourth-order valence-electron chi connectivity index (χ4n) is 4.11. The first-order valence-electron chi connectivity index (χ1n) is 14.3. The van der Waals surface area contributed by atoms with Gasteiger partial charge in [-0.15, -0.1) is 0 Å². The molecule has 0 spiro atoms. The number of ether oxygens (including phenoxy) is 1. The standard InChI is InChI=1S/C27H37F2N3O2.C3H6O.C2H6O/c1-5-10-32(11-6-2)27(34)22-13-19(3)12-21(17-22)26(33)31-25(8-7-9-30-4)16-20-14-23(28)18-24(29)15-20;1-2-3-4;1-3-2/h12-15,17-18,25,30H,5-11,16H2,1-4H3,(H,31,33);3H,2H2,1H3;1-2H3. The van der Waals surface area contributed by atoms with Crippen molar-refractivity contribution in [2.24, 2.45) is 0 Å². The van der Waals surface area contributed by atoms with Crippen LogP contribution in [0.3, 0.4) is 0 Å². The Balaban J connectivity index is 0.00000205. The predicted molar refractivity (Wildman–Crippen MR) is 161 cm³/mol. The van der Waals surface area contributed by atoms with E-state index in [9.17, 15) is 23.2 Å². The molecule has 2 N–H and O–H groups in total. The molecule has 0 aliphatic heterocycles.